The molecule has 0 aliphatic rings. The van der Waals surface area contributed by atoms with Gasteiger partial charge < -0.3 is 9.29 Å². The van der Waals surface area contributed by atoms with Crippen LogP contribution in [0.2, 0.25) is 0 Å². The molecular weight excluding hydrogens is 222 g/mol. The Bertz CT molecular complexity index is 318. The molecule has 0 saturated carbocycles. The minimum absolute atomic E-state index is 0.205. The zero-order valence-corrected chi connectivity index (χ0v) is 9.07. The monoisotopic (exact) mass is 233 g/mol. The zero-order valence-electron chi connectivity index (χ0n) is 8.26. The summed E-state index contributed by atoms with van der Waals surface area (Å²) in [7, 11) is 0. The van der Waals surface area contributed by atoms with Crippen LogP contribution < -0.4 is 4.74 Å². The molecule has 0 N–H and O–H groups in total. The molecule has 0 spiro atoms. The quantitative estimate of drug-likeness (QED) is 0.575. The first-order valence-corrected chi connectivity index (χ1v) is 6.12. The molecule has 1 radical (unpaired) electrons. The van der Waals surface area contributed by atoms with E-state index in [1.165, 1.54) is 6.07 Å². The summed E-state index contributed by atoms with van der Waals surface area (Å²) in [6.45, 7) is 0.205. The van der Waals surface area contributed by atoms with Crippen molar-refractivity contribution in [3.63, 3.8) is 0 Å². The lowest BCUT2D eigenvalue weighted by molar-refractivity contribution is 0.295. The predicted octanol–water partition coefficient (Wildman–Crippen LogP) is 1.91. The van der Waals surface area contributed by atoms with Crippen molar-refractivity contribution in [3.05, 3.63) is 29.8 Å². The standard InChI is InChI=1S/C10H11F2O2S/c1-15(13)7-3-6-14-9-5-2-4-8(11)10(9)12/h2,4H,3,6-7H2,1H3. The van der Waals surface area contributed by atoms with Crippen LogP contribution in [0.1, 0.15) is 6.42 Å². The molecule has 0 aliphatic heterocycles. The summed E-state index contributed by atoms with van der Waals surface area (Å²) in [6.07, 6.45) is 2.11. The van der Waals surface area contributed by atoms with Crippen molar-refractivity contribution in [1.82, 2.24) is 0 Å². The van der Waals surface area contributed by atoms with Crippen LogP contribution in [0.15, 0.2) is 12.1 Å². The fourth-order valence-electron chi connectivity index (χ4n) is 0.977. The van der Waals surface area contributed by atoms with E-state index in [-0.39, 0.29) is 12.4 Å². The van der Waals surface area contributed by atoms with Crippen LogP contribution in [0.25, 0.3) is 0 Å². The Labute approximate surface area is 90.4 Å². The molecule has 0 amide bonds. The third-order valence-electron chi connectivity index (χ3n) is 1.68. The van der Waals surface area contributed by atoms with Gasteiger partial charge in [-0.3, -0.25) is 0 Å². The van der Waals surface area contributed by atoms with Gasteiger partial charge in [-0.15, -0.1) is 0 Å². The highest BCUT2D eigenvalue weighted by Crippen LogP contribution is 2.18. The average molecular weight is 233 g/mol. The molecule has 1 rings (SSSR count). The number of benzene rings is 1. The molecule has 0 saturated heterocycles. The lowest BCUT2D eigenvalue weighted by atomic mass is 10.3. The topological polar surface area (TPSA) is 32.3 Å². The van der Waals surface area contributed by atoms with Crippen LogP contribution in [-0.4, -0.2) is 23.2 Å². The van der Waals surface area contributed by atoms with E-state index in [0.717, 1.165) is 6.07 Å². The van der Waals surface area contributed by atoms with E-state index in [2.05, 4.69) is 6.07 Å². The summed E-state index contributed by atoms with van der Waals surface area (Å²) in [5.41, 5.74) is 0. The van der Waals surface area contributed by atoms with Gasteiger partial charge in [0.25, 0.3) is 0 Å². The molecule has 1 atom stereocenters. The van der Waals surface area contributed by atoms with Gasteiger partial charge in [0.2, 0.25) is 5.82 Å². The molecule has 0 fully saturated rings. The summed E-state index contributed by atoms with van der Waals surface area (Å²) < 4.78 is 41.3. The van der Waals surface area contributed by atoms with Crippen molar-refractivity contribution in [2.24, 2.45) is 0 Å². The van der Waals surface area contributed by atoms with E-state index < -0.39 is 22.8 Å². The van der Waals surface area contributed by atoms with Crippen molar-refractivity contribution in [3.8, 4) is 5.75 Å². The second kappa shape index (κ2) is 5.92. The molecule has 0 aromatic heterocycles. The summed E-state index contributed by atoms with van der Waals surface area (Å²) in [6, 6.07) is 4.68. The third kappa shape index (κ3) is 4.05. The highest BCUT2D eigenvalue weighted by atomic mass is 32.2. The van der Waals surface area contributed by atoms with Crippen molar-refractivity contribution < 1.29 is 18.1 Å². The van der Waals surface area contributed by atoms with E-state index in [9.17, 15) is 13.3 Å². The smallest absolute Gasteiger partial charge is 0.201 e. The Kier molecular flexibility index (Phi) is 4.84. The lowest BCUT2D eigenvalue weighted by Gasteiger charge is -2.07. The maximum absolute atomic E-state index is 13.0. The van der Waals surface area contributed by atoms with Gasteiger partial charge in [0.1, 0.15) is 5.75 Å². The first-order valence-electron chi connectivity index (χ1n) is 4.40. The number of rotatable bonds is 5. The van der Waals surface area contributed by atoms with Gasteiger partial charge in [0.15, 0.2) is 11.6 Å². The van der Waals surface area contributed by atoms with E-state index >= 15 is 0 Å². The lowest BCUT2D eigenvalue weighted by Crippen LogP contribution is -2.08. The highest BCUT2D eigenvalue weighted by molar-refractivity contribution is 7.90. The van der Waals surface area contributed by atoms with Crippen molar-refractivity contribution in [2.75, 3.05) is 18.6 Å². The van der Waals surface area contributed by atoms with Gasteiger partial charge in [0.05, 0.1) is 12.9 Å². The highest BCUT2D eigenvalue weighted by Gasteiger charge is 2.08. The molecule has 2 nitrogen and oxygen atoms in total. The van der Waals surface area contributed by atoms with Crippen LogP contribution in [0, 0.1) is 17.7 Å². The Balaban J connectivity index is 2.41. The number of hydrogen-bond donors (Lipinski definition) is 0. The minimum atomic E-state index is -1.03. The molecule has 5 heteroatoms. The molecule has 1 aromatic rings. The number of hydrogen-bond acceptors (Lipinski definition) is 2. The fraction of sp³-hybridized carbons (Fsp3) is 0.400. The molecule has 83 valence electrons. The number of ether oxygens (including phenoxy) is 1. The maximum Gasteiger partial charge on any atom is 0.201 e. The second-order valence-corrected chi connectivity index (χ2v) is 4.50. The van der Waals surface area contributed by atoms with Crippen LogP contribution >= 0.6 is 0 Å². The largest absolute Gasteiger partial charge is 0.617 e. The molecule has 0 bridgehead atoms. The third-order valence-corrected chi connectivity index (χ3v) is 2.54. The fourth-order valence-corrected chi connectivity index (χ4v) is 1.50. The zero-order chi connectivity index (χ0) is 11.3. The Morgan fingerprint density at radius 1 is 1.53 bits per heavy atom. The van der Waals surface area contributed by atoms with E-state index in [4.69, 9.17) is 4.74 Å². The van der Waals surface area contributed by atoms with Crippen LogP contribution in [0.5, 0.6) is 5.75 Å². The Morgan fingerprint density at radius 3 is 2.93 bits per heavy atom. The molecule has 1 unspecified atom stereocenters. The summed E-state index contributed by atoms with van der Waals surface area (Å²) in [4.78, 5) is 0. The predicted molar refractivity (Wildman–Crippen MR) is 54.2 cm³/mol. The van der Waals surface area contributed by atoms with Gasteiger partial charge in [-0.05, 0) is 12.1 Å². The van der Waals surface area contributed by atoms with Crippen LogP contribution in [-0.2, 0) is 11.2 Å². The van der Waals surface area contributed by atoms with E-state index in [1.54, 1.807) is 6.26 Å². The summed E-state index contributed by atoms with van der Waals surface area (Å²) >= 11 is -0.891. The van der Waals surface area contributed by atoms with Crippen molar-refractivity contribution in [1.29, 1.82) is 0 Å². The molecular formula is C10H11F2O2S. The Hall–Kier alpha value is -0.810. The van der Waals surface area contributed by atoms with Crippen LogP contribution in [0.4, 0.5) is 8.78 Å². The molecule has 0 aliphatic carbocycles. The summed E-state index contributed by atoms with van der Waals surface area (Å²) in [5.74, 6) is -1.73. The first kappa shape index (κ1) is 12.3. The van der Waals surface area contributed by atoms with Crippen molar-refractivity contribution >= 4 is 11.2 Å². The van der Waals surface area contributed by atoms with E-state index in [0.29, 0.717) is 12.2 Å². The Morgan fingerprint density at radius 2 is 2.27 bits per heavy atom. The van der Waals surface area contributed by atoms with Gasteiger partial charge >= 0.3 is 0 Å². The second-order valence-electron chi connectivity index (χ2n) is 2.95. The van der Waals surface area contributed by atoms with Crippen LogP contribution in [0.3, 0.4) is 0 Å². The van der Waals surface area contributed by atoms with Gasteiger partial charge in [-0.2, -0.15) is 4.39 Å². The average Bonchev–Trinajstić information content (AvgIpc) is 2.18. The number of halogens is 2. The minimum Gasteiger partial charge on any atom is -0.617 e. The van der Waals surface area contributed by atoms with E-state index in [1.807, 2.05) is 0 Å². The van der Waals surface area contributed by atoms with Crippen molar-refractivity contribution in [2.45, 2.75) is 6.42 Å². The van der Waals surface area contributed by atoms with Gasteiger partial charge in [-0.25, -0.2) is 4.39 Å². The summed E-state index contributed by atoms with van der Waals surface area (Å²) in [5, 5.41) is 0. The SMILES string of the molecule is C[S+]([O-])CCCOc1[c]ccc(F)c1F. The molecule has 15 heavy (non-hydrogen) atoms. The molecule has 1 aromatic carbocycles. The maximum atomic E-state index is 13.0. The van der Waals surface area contributed by atoms with Gasteiger partial charge in [0, 0.05) is 12.5 Å². The normalized spacial score (nSPS) is 12.5. The van der Waals surface area contributed by atoms with Gasteiger partial charge in [-0.1, -0.05) is 11.2 Å². The first-order chi connectivity index (χ1) is 7.11. The molecule has 0 heterocycles.